The largest absolute Gasteiger partial charge is 0.489 e. The first kappa shape index (κ1) is 22.1. The van der Waals surface area contributed by atoms with Crippen LogP contribution in [0.4, 0.5) is 10.1 Å². The van der Waals surface area contributed by atoms with Gasteiger partial charge >= 0.3 is 0 Å². The number of allylic oxidation sites excluding steroid dienone is 1. The van der Waals surface area contributed by atoms with Crippen molar-refractivity contribution in [1.82, 2.24) is 4.90 Å². The van der Waals surface area contributed by atoms with Gasteiger partial charge in [-0.05, 0) is 47.5 Å². The number of benzene rings is 3. The van der Waals surface area contributed by atoms with E-state index in [0.717, 1.165) is 22.6 Å². The Kier molecular flexibility index (Phi) is 6.24. The monoisotopic (exact) mass is 471 g/mol. The minimum absolute atomic E-state index is 0.0253. The number of hydrogen-bond acceptors (Lipinski definition) is 5. The molecule has 1 saturated heterocycles. The number of ether oxygens (including phenoxy) is 1. The van der Waals surface area contributed by atoms with E-state index in [4.69, 9.17) is 4.74 Å². The van der Waals surface area contributed by atoms with Crippen LogP contribution >= 0.6 is 11.8 Å². The van der Waals surface area contributed by atoms with E-state index >= 15 is 0 Å². The van der Waals surface area contributed by atoms with E-state index in [9.17, 15) is 14.4 Å². The first-order valence-electron chi connectivity index (χ1n) is 11.0. The lowest BCUT2D eigenvalue weighted by Crippen LogP contribution is -2.47. The molecule has 1 fully saturated rings. The smallest absolute Gasteiger partial charge is 0.229 e. The Balaban J connectivity index is 1.33. The highest BCUT2D eigenvalue weighted by molar-refractivity contribution is 8.03. The van der Waals surface area contributed by atoms with Gasteiger partial charge in [-0.3, -0.25) is 9.69 Å². The number of halogens is 1. The van der Waals surface area contributed by atoms with Gasteiger partial charge in [0.25, 0.3) is 0 Å². The van der Waals surface area contributed by atoms with E-state index in [1.54, 1.807) is 17.0 Å². The number of nitriles is 1. The zero-order valence-electron chi connectivity index (χ0n) is 18.4. The number of fused-ring (bicyclic) bond motifs is 1. The van der Waals surface area contributed by atoms with E-state index < -0.39 is 0 Å². The molecule has 34 heavy (non-hydrogen) atoms. The van der Waals surface area contributed by atoms with Gasteiger partial charge in [-0.1, -0.05) is 54.2 Å². The molecule has 1 unspecified atom stereocenters. The molecule has 0 N–H and O–H groups in total. The second-order valence-corrected chi connectivity index (χ2v) is 9.12. The van der Waals surface area contributed by atoms with Crippen molar-refractivity contribution in [2.24, 2.45) is 0 Å². The van der Waals surface area contributed by atoms with E-state index in [1.165, 1.54) is 23.9 Å². The number of hydrogen-bond donors (Lipinski definition) is 0. The summed E-state index contributed by atoms with van der Waals surface area (Å²) in [6.45, 7) is 0.822. The molecule has 1 amide bonds. The van der Waals surface area contributed by atoms with Crippen LogP contribution in [0, 0.1) is 17.1 Å². The maximum absolute atomic E-state index is 13.3. The van der Waals surface area contributed by atoms with Gasteiger partial charge in [0.15, 0.2) is 0 Å². The lowest BCUT2D eigenvalue weighted by Gasteiger charge is -2.42. The molecule has 5 rings (SSSR count). The number of anilines is 1. The Morgan fingerprint density at radius 1 is 1.03 bits per heavy atom. The normalized spacial score (nSPS) is 17.9. The van der Waals surface area contributed by atoms with Crippen molar-refractivity contribution in [1.29, 1.82) is 5.26 Å². The highest BCUT2D eigenvalue weighted by atomic mass is 32.2. The molecule has 0 aliphatic carbocycles. The van der Waals surface area contributed by atoms with E-state index in [0.29, 0.717) is 29.8 Å². The van der Waals surface area contributed by atoms with Gasteiger partial charge in [0.2, 0.25) is 5.91 Å². The third-order valence-corrected chi connectivity index (χ3v) is 7.17. The van der Waals surface area contributed by atoms with Gasteiger partial charge in [-0.2, -0.15) is 5.26 Å². The molecule has 0 bridgehead atoms. The topological polar surface area (TPSA) is 56.6 Å². The van der Waals surface area contributed by atoms with Crippen LogP contribution in [0.5, 0.6) is 5.75 Å². The van der Waals surface area contributed by atoms with Crippen LogP contribution < -0.4 is 9.64 Å². The van der Waals surface area contributed by atoms with Crippen LogP contribution in [0.15, 0.2) is 89.5 Å². The molecule has 2 aliphatic rings. The molecule has 0 radical (unpaired) electrons. The summed E-state index contributed by atoms with van der Waals surface area (Å²) in [4.78, 5) is 16.8. The van der Waals surface area contributed by atoms with Gasteiger partial charge in [-0.15, -0.1) is 0 Å². The second kappa shape index (κ2) is 9.62. The summed E-state index contributed by atoms with van der Waals surface area (Å²) in [5.41, 5.74) is 3.46. The highest BCUT2D eigenvalue weighted by Crippen LogP contribution is 2.43. The fourth-order valence-electron chi connectivity index (χ4n) is 4.20. The Morgan fingerprint density at radius 3 is 2.47 bits per heavy atom. The van der Waals surface area contributed by atoms with Crippen LogP contribution in [0.25, 0.3) is 0 Å². The number of carbonyl (C=O) groups excluding carboxylic acids is 1. The van der Waals surface area contributed by atoms with Crippen LogP contribution in [0.3, 0.4) is 0 Å². The summed E-state index contributed by atoms with van der Waals surface area (Å²) < 4.78 is 19.2. The first-order chi connectivity index (χ1) is 16.6. The third kappa shape index (κ3) is 4.50. The van der Waals surface area contributed by atoms with Gasteiger partial charge < -0.3 is 9.64 Å². The number of carbonyl (C=O) groups is 1. The lowest BCUT2D eigenvalue weighted by molar-refractivity contribution is -0.129. The van der Waals surface area contributed by atoms with Crippen LogP contribution in [0.1, 0.15) is 23.5 Å². The molecule has 2 heterocycles. The summed E-state index contributed by atoms with van der Waals surface area (Å²) in [7, 11) is 0. The minimum atomic E-state index is -0.297. The van der Waals surface area contributed by atoms with Crippen molar-refractivity contribution in [3.63, 3.8) is 0 Å². The minimum Gasteiger partial charge on any atom is -0.489 e. The van der Waals surface area contributed by atoms with E-state index in [-0.39, 0.29) is 24.1 Å². The average Bonchev–Trinajstić information content (AvgIpc) is 2.89. The van der Waals surface area contributed by atoms with Crippen molar-refractivity contribution in [2.45, 2.75) is 18.9 Å². The molecule has 0 saturated carbocycles. The molecular formula is C27H22FN3O2S. The molecule has 1 atom stereocenters. The average molecular weight is 472 g/mol. The molecule has 7 heteroatoms. The Labute approximate surface area is 202 Å². The summed E-state index contributed by atoms with van der Waals surface area (Å²) in [6.07, 6.45) is 0.231. The van der Waals surface area contributed by atoms with Gasteiger partial charge in [0.05, 0.1) is 29.2 Å². The van der Waals surface area contributed by atoms with Crippen LogP contribution in [-0.2, 0) is 11.4 Å². The zero-order valence-corrected chi connectivity index (χ0v) is 19.2. The Hall–Kier alpha value is -3.76. The molecule has 170 valence electrons. The zero-order chi connectivity index (χ0) is 23.5. The van der Waals surface area contributed by atoms with E-state index in [2.05, 4.69) is 6.07 Å². The number of amides is 1. The SMILES string of the molecule is N#CC1=C2SCN(c3ccc(F)cc3)CN2C(=O)CC1c1ccc(OCc2ccccc2)cc1. The molecule has 2 aliphatic heterocycles. The van der Waals surface area contributed by atoms with Crippen molar-refractivity contribution in [2.75, 3.05) is 17.4 Å². The first-order valence-corrected chi connectivity index (χ1v) is 12.0. The Morgan fingerprint density at radius 2 is 1.76 bits per heavy atom. The quantitative estimate of drug-likeness (QED) is 0.483. The van der Waals surface area contributed by atoms with Crippen molar-refractivity contribution in [3.8, 4) is 11.8 Å². The number of nitrogens with zero attached hydrogens (tertiary/aromatic N) is 3. The van der Waals surface area contributed by atoms with Crippen molar-refractivity contribution < 1.29 is 13.9 Å². The summed E-state index contributed by atoms with van der Waals surface area (Å²) >= 11 is 1.47. The van der Waals surface area contributed by atoms with Gasteiger partial charge in [0.1, 0.15) is 18.2 Å². The van der Waals surface area contributed by atoms with Gasteiger partial charge in [0, 0.05) is 18.0 Å². The predicted octanol–water partition coefficient (Wildman–Crippen LogP) is 5.62. The van der Waals surface area contributed by atoms with Crippen LogP contribution in [0.2, 0.25) is 0 Å². The summed E-state index contributed by atoms with van der Waals surface area (Å²) in [5, 5.41) is 10.7. The van der Waals surface area contributed by atoms with Crippen molar-refractivity contribution in [3.05, 3.63) is 106 Å². The second-order valence-electron chi connectivity index (χ2n) is 8.18. The highest BCUT2D eigenvalue weighted by Gasteiger charge is 2.38. The van der Waals surface area contributed by atoms with Crippen molar-refractivity contribution >= 4 is 23.4 Å². The van der Waals surface area contributed by atoms with Crippen LogP contribution in [-0.4, -0.2) is 23.4 Å². The fraction of sp³-hybridized carbons (Fsp3) is 0.185. The fourth-order valence-corrected chi connectivity index (χ4v) is 5.37. The number of thioether (sulfide) groups is 1. The molecule has 3 aromatic rings. The van der Waals surface area contributed by atoms with Gasteiger partial charge in [-0.25, -0.2) is 4.39 Å². The predicted molar refractivity (Wildman–Crippen MR) is 130 cm³/mol. The third-order valence-electron chi connectivity index (χ3n) is 6.02. The molecule has 0 aromatic heterocycles. The molecule has 3 aromatic carbocycles. The maximum Gasteiger partial charge on any atom is 0.229 e. The molecule has 0 spiro atoms. The molecule has 5 nitrogen and oxygen atoms in total. The Bertz CT molecular complexity index is 1250. The lowest BCUT2D eigenvalue weighted by atomic mass is 9.86. The summed E-state index contributed by atoms with van der Waals surface area (Å²) in [6, 6.07) is 26.2. The van der Waals surface area contributed by atoms with E-state index in [1.807, 2.05) is 59.5 Å². The number of rotatable bonds is 5. The molecular weight excluding hydrogens is 449 g/mol. The maximum atomic E-state index is 13.3. The standard InChI is InChI=1S/C27H22FN3O2S/c28-21-8-10-22(11-9-21)30-17-31-26(32)14-24(25(15-29)27(31)34-18-30)20-6-12-23(13-7-20)33-16-19-4-2-1-3-5-19/h1-13,24H,14,16-18H2. The summed E-state index contributed by atoms with van der Waals surface area (Å²) in [5.74, 6) is 0.715.